The molecular formula is C13H21N3S. The van der Waals surface area contributed by atoms with Crippen LogP contribution in [-0.4, -0.2) is 48.0 Å². The fourth-order valence-corrected chi connectivity index (χ4v) is 2.19. The zero-order chi connectivity index (χ0) is 12.3. The number of aromatic nitrogens is 1. The van der Waals surface area contributed by atoms with E-state index in [2.05, 4.69) is 46.6 Å². The molecule has 17 heavy (non-hydrogen) atoms. The summed E-state index contributed by atoms with van der Waals surface area (Å²) in [5, 5.41) is 0.215. The van der Waals surface area contributed by atoms with Gasteiger partial charge in [-0.15, -0.1) is 0 Å². The summed E-state index contributed by atoms with van der Waals surface area (Å²) in [7, 11) is 2.18. The van der Waals surface area contributed by atoms with Crippen molar-refractivity contribution in [1.82, 2.24) is 14.8 Å². The van der Waals surface area contributed by atoms with Crippen LogP contribution in [0.2, 0.25) is 0 Å². The molecule has 1 atom stereocenters. The number of piperazine rings is 1. The Kier molecular flexibility index (Phi) is 4.42. The van der Waals surface area contributed by atoms with E-state index in [0.29, 0.717) is 0 Å². The van der Waals surface area contributed by atoms with Crippen LogP contribution in [0.1, 0.15) is 23.4 Å². The summed E-state index contributed by atoms with van der Waals surface area (Å²) >= 11 is 4.38. The Morgan fingerprint density at radius 1 is 1.29 bits per heavy atom. The second kappa shape index (κ2) is 5.85. The zero-order valence-electron chi connectivity index (χ0n) is 10.6. The van der Waals surface area contributed by atoms with E-state index in [1.165, 1.54) is 18.7 Å². The second-order valence-electron chi connectivity index (χ2n) is 4.85. The molecule has 1 fully saturated rings. The molecule has 1 aromatic heterocycles. The number of likely N-dealkylation sites (N-methyl/N-ethyl adjacent to an activating group) is 1. The molecule has 1 saturated heterocycles. The number of thiol groups is 1. The molecule has 2 heterocycles. The Morgan fingerprint density at radius 2 is 2.00 bits per heavy atom. The normalized spacial score (nSPS) is 20.4. The van der Waals surface area contributed by atoms with Gasteiger partial charge in [-0.3, -0.25) is 9.88 Å². The third kappa shape index (κ3) is 3.69. The topological polar surface area (TPSA) is 19.4 Å². The van der Waals surface area contributed by atoms with Crippen molar-refractivity contribution in [3.05, 3.63) is 29.6 Å². The summed E-state index contributed by atoms with van der Waals surface area (Å²) in [5.41, 5.74) is 2.35. The molecule has 0 radical (unpaired) electrons. The van der Waals surface area contributed by atoms with Gasteiger partial charge in [-0.1, -0.05) is 6.07 Å². The third-order valence-electron chi connectivity index (χ3n) is 3.28. The molecule has 1 aromatic rings. The van der Waals surface area contributed by atoms with Gasteiger partial charge in [-0.05, 0) is 25.6 Å². The van der Waals surface area contributed by atoms with Gasteiger partial charge >= 0.3 is 0 Å². The Labute approximate surface area is 109 Å². The lowest BCUT2D eigenvalue weighted by Crippen LogP contribution is -2.43. The van der Waals surface area contributed by atoms with Crippen molar-refractivity contribution in [2.45, 2.75) is 18.7 Å². The first-order valence-corrected chi connectivity index (χ1v) is 6.70. The maximum absolute atomic E-state index is 4.45. The van der Waals surface area contributed by atoms with Crippen LogP contribution in [0.15, 0.2) is 18.3 Å². The lowest BCUT2D eigenvalue weighted by Gasteiger charge is -2.32. The predicted octanol–water partition coefficient (Wildman–Crippen LogP) is 1.82. The maximum Gasteiger partial charge on any atom is 0.0528 e. The predicted molar refractivity (Wildman–Crippen MR) is 74.4 cm³/mol. The van der Waals surface area contributed by atoms with Crippen molar-refractivity contribution in [2.75, 3.05) is 33.2 Å². The molecule has 0 aromatic carbocycles. The SMILES string of the molecule is CC(S)c1ccc(CN2CCN(C)CC2)cn1. The van der Waals surface area contributed by atoms with Crippen LogP contribution in [-0.2, 0) is 6.54 Å². The van der Waals surface area contributed by atoms with Gasteiger partial charge in [0.05, 0.1) is 5.69 Å². The standard InChI is InChI=1S/C13H21N3S/c1-11(17)13-4-3-12(9-14-13)10-16-7-5-15(2)6-8-16/h3-4,9,11,17H,5-8,10H2,1-2H3. The van der Waals surface area contributed by atoms with Gasteiger partial charge in [0.1, 0.15) is 0 Å². The Morgan fingerprint density at radius 3 is 2.53 bits per heavy atom. The summed E-state index contributed by atoms with van der Waals surface area (Å²) in [6, 6.07) is 4.26. The van der Waals surface area contributed by atoms with Crippen LogP contribution in [0.3, 0.4) is 0 Å². The highest BCUT2D eigenvalue weighted by Crippen LogP contribution is 2.16. The molecule has 2 rings (SSSR count). The van der Waals surface area contributed by atoms with Gasteiger partial charge in [0, 0.05) is 44.2 Å². The second-order valence-corrected chi connectivity index (χ2v) is 5.62. The molecule has 0 aliphatic carbocycles. The number of hydrogen-bond donors (Lipinski definition) is 1. The molecular weight excluding hydrogens is 230 g/mol. The van der Waals surface area contributed by atoms with Crippen molar-refractivity contribution in [3.8, 4) is 0 Å². The first-order chi connectivity index (χ1) is 8.15. The average Bonchev–Trinajstić information content (AvgIpc) is 2.33. The highest BCUT2D eigenvalue weighted by Gasteiger charge is 2.13. The van der Waals surface area contributed by atoms with Crippen LogP contribution in [0.4, 0.5) is 0 Å². The van der Waals surface area contributed by atoms with E-state index >= 15 is 0 Å². The van der Waals surface area contributed by atoms with E-state index in [1.807, 2.05) is 13.1 Å². The Bertz CT molecular complexity index is 342. The third-order valence-corrected chi connectivity index (χ3v) is 3.54. The van der Waals surface area contributed by atoms with Crippen LogP contribution < -0.4 is 0 Å². The number of nitrogens with zero attached hydrogens (tertiary/aromatic N) is 3. The van der Waals surface area contributed by atoms with Crippen LogP contribution in [0.25, 0.3) is 0 Å². The number of rotatable bonds is 3. The summed E-state index contributed by atoms with van der Waals surface area (Å²) in [6.07, 6.45) is 1.99. The molecule has 1 aliphatic heterocycles. The van der Waals surface area contributed by atoms with Crippen molar-refractivity contribution >= 4 is 12.6 Å². The first kappa shape index (κ1) is 12.9. The molecule has 0 saturated carbocycles. The van der Waals surface area contributed by atoms with E-state index in [9.17, 15) is 0 Å². The maximum atomic E-state index is 4.45. The molecule has 0 N–H and O–H groups in total. The summed E-state index contributed by atoms with van der Waals surface area (Å²) in [5.74, 6) is 0. The van der Waals surface area contributed by atoms with Crippen LogP contribution in [0.5, 0.6) is 0 Å². The average molecular weight is 251 g/mol. The first-order valence-electron chi connectivity index (χ1n) is 6.19. The van der Waals surface area contributed by atoms with Crippen LogP contribution in [0, 0.1) is 0 Å². The smallest absolute Gasteiger partial charge is 0.0528 e. The summed E-state index contributed by atoms with van der Waals surface area (Å²) < 4.78 is 0. The lowest BCUT2D eigenvalue weighted by atomic mass is 10.2. The Hall–Kier alpha value is -0.580. The Balaban J connectivity index is 1.90. The minimum absolute atomic E-state index is 0.215. The van der Waals surface area contributed by atoms with E-state index < -0.39 is 0 Å². The minimum atomic E-state index is 0.215. The lowest BCUT2D eigenvalue weighted by molar-refractivity contribution is 0.148. The van der Waals surface area contributed by atoms with Gasteiger partial charge in [-0.25, -0.2) is 0 Å². The van der Waals surface area contributed by atoms with Gasteiger partial charge in [-0.2, -0.15) is 12.6 Å². The highest BCUT2D eigenvalue weighted by atomic mass is 32.1. The molecule has 3 nitrogen and oxygen atoms in total. The molecule has 94 valence electrons. The molecule has 1 unspecified atom stereocenters. The van der Waals surface area contributed by atoms with E-state index in [0.717, 1.165) is 25.3 Å². The minimum Gasteiger partial charge on any atom is -0.304 e. The molecule has 0 spiro atoms. The van der Waals surface area contributed by atoms with Crippen molar-refractivity contribution in [2.24, 2.45) is 0 Å². The largest absolute Gasteiger partial charge is 0.304 e. The molecule has 0 amide bonds. The van der Waals surface area contributed by atoms with E-state index in [4.69, 9.17) is 0 Å². The fraction of sp³-hybridized carbons (Fsp3) is 0.615. The summed E-state index contributed by atoms with van der Waals surface area (Å²) in [4.78, 5) is 9.31. The van der Waals surface area contributed by atoms with Gasteiger partial charge in [0.25, 0.3) is 0 Å². The highest BCUT2D eigenvalue weighted by molar-refractivity contribution is 7.80. The van der Waals surface area contributed by atoms with Crippen LogP contribution >= 0.6 is 12.6 Å². The molecule has 0 bridgehead atoms. The quantitative estimate of drug-likeness (QED) is 0.827. The van der Waals surface area contributed by atoms with Crippen molar-refractivity contribution < 1.29 is 0 Å². The fourth-order valence-electron chi connectivity index (χ4n) is 2.04. The number of pyridine rings is 1. The zero-order valence-corrected chi connectivity index (χ0v) is 11.5. The monoisotopic (exact) mass is 251 g/mol. The van der Waals surface area contributed by atoms with E-state index in [-0.39, 0.29) is 5.25 Å². The van der Waals surface area contributed by atoms with Crippen molar-refractivity contribution in [3.63, 3.8) is 0 Å². The van der Waals surface area contributed by atoms with Gasteiger partial charge in [0.15, 0.2) is 0 Å². The number of hydrogen-bond acceptors (Lipinski definition) is 4. The molecule has 4 heteroatoms. The van der Waals surface area contributed by atoms with Gasteiger partial charge in [0.2, 0.25) is 0 Å². The summed E-state index contributed by atoms with van der Waals surface area (Å²) in [6.45, 7) is 7.70. The van der Waals surface area contributed by atoms with E-state index in [1.54, 1.807) is 0 Å². The van der Waals surface area contributed by atoms with Gasteiger partial charge < -0.3 is 4.90 Å². The molecule has 1 aliphatic rings. The van der Waals surface area contributed by atoms with Crippen molar-refractivity contribution in [1.29, 1.82) is 0 Å².